The topological polar surface area (TPSA) is 161 Å². The van der Waals surface area contributed by atoms with Gasteiger partial charge in [0, 0.05) is 41.7 Å². The zero-order chi connectivity index (χ0) is 47.0. The summed E-state index contributed by atoms with van der Waals surface area (Å²) in [7, 11) is -2.52. The Morgan fingerprint density at radius 1 is 0.970 bits per heavy atom. The number of carboxylic acids is 1. The molecule has 0 amide bonds. The molecule has 12 nitrogen and oxygen atoms in total. The third-order valence-corrected chi connectivity index (χ3v) is 16.7. The van der Waals surface area contributed by atoms with Gasteiger partial charge in [0.2, 0.25) is 10.0 Å². The van der Waals surface area contributed by atoms with Crippen LogP contribution >= 0.6 is 11.3 Å². The monoisotopic (exact) mass is 938 g/mol. The molecule has 0 unspecified atom stereocenters. The number of aromatic carboxylic acids is 1. The predicted octanol–water partition coefficient (Wildman–Crippen LogP) is 9.35. The minimum Gasteiger partial charge on any atom is -0.497 e. The van der Waals surface area contributed by atoms with Gasteiger partial charge >= 0.3 is 11.9 Å². The lowest BCUT2D eigenvalue weighted by atomic mass is 9.75. The summed E-state index contributed by atoms with van der Waals surface area (Å²) in [5, 5.41) is 28.3. The third kappa shape index (κ3) is 10.2. The highest BCUT2D eigenvalue weighted by molar-refractivity contribution is 7.89. The SMILES string of the molecule is COc1ccc(S(=O)(=O)N(CC(C)C)C[C@@H](O)[C@@H](CC(=O)O[C@H]2CO[C@@]3(C)OCC[C@@H]23)Cc2ccc(NCc3ccc4ccccc4c3-c3sc4c(c3C(=O)O)CC(C)(C)CC4)cc2)cc1. The number of aryl methyl sites for hydroxylation is 1. The van der Waals surface area contributed by atoms with E-state index in [-0.39, 0.29) is 54.7 Å². The summed E-state index contributed by atoms with van der Waals surface area (Å²) in [6, 6.07) is 26.2. The van der Waals surface area contributed by atoms with Crippen LogP contribution in [0.15, 0.2) is 89.8 Å². The van der Waals surface area contributed by atoms with Crippen LogP contribution in [-0.2, 0) is 54.8 Å². The average Bonchev–Trinajstić information content (AvgIpc) is 3.95. The molecular formula is C52H62N2O10S2. The highest BCUT2D eigenvalue weighted by Crippen LogP contribution is 2.48. The highest BCUT2D eigenvalue weighted by atomic mass is 32.2. The van der Waals surface area contributed by atoms with Crippen molar-refractivity contribution < 1.29 is 47.2 Å². The Labute approximate surface area is 392 Å². The Morgan fingerprint density at radius 2 is 1.71 bits per heavy atom. The van der Waals surface area contributed by atoms with Crippen molar-refractivity contribution in [2.24, 2.45) is 23.2 Å². The maximum Gasteiger partial charge on any atom is 0.337 e. The molecule has 2 fully saturated rings. The van der Waals surface area contributed by atoms with Gasteiger partial charge in [-0.3, -0.25) is 4.79 Å². The summed E-state index contributed by atoms with van der Waals surface area (Å²) < 4.78 is 52.4. The first kappa shape index (κ1) is 47.7. The predicted molar refractivity (Wildman–Crippen MR) is 256 cm³/mol. The van der Waals surface area contributed by atoms with Gasteiger partial charge in [-0.15, -0.1) is 11.3 Å². The fraction of sp³-hybridized carbons (Fsp3) is 0.462. The lowest BCUT2D eigenvalue weighted by Crippen LogP contribution is -2.43. The van der Waals surface area contributed by atoms with Crippen LogP contribution in [0.25, 0.3) is 21.2 Å². The van der Waals surface area contributed by atoms with Gasteiger partial charge in [0.05, 0.1) is 54.1 Å². The maximum atomic E-state index is 14.1. The second kappa shape index (κ2) is 19.4. The van der Waals surface area contributed by atoms with Crippen LogP contribution in [0.5, 0.6) is 5.75 Å². The molecule has 3 heterocycles. The van der Waals surface area contributed by atoms with Crippen LogP contribution in [0.4, 0.5) is 5.69 Å². The van der Waals surface area contributed by atoms with Crippen LogP contribution in [0.2, 0.25) is 0 Å². The highest BCUT2D eigenvalue weighted by Gasteiger charge is 2.53. The number of hydrogen-bond donors (Lipinski definition) is 3. The van der Waals surface area contributed by atoms with E-state index < -0.39 is 45.9 Å². The van der Waals surface area contributed by atoms with E-state index in [2.05, 4.69) is 43.4 Å². The number of aliphatic hydroxyl groups excluding tert-OH is 1. The summed E-state index contributed by atoms with van der Waals surface area (Å²) in [5.74, 6) is -2.52. The Balaban J connectivity index is 1.03. The molecule has 1 aliphatic carbocycles. The van der Waals surface area contributed by atoms with E-state index in [1.807, 2.05) is 57.2 Å². The molecule has 5 aromatic rings. The van der Waals surface area contributed by atoms with E-state index in [1.165, 1.54) is 23.5 Å². The molecule has 2 saturated heterocycles. The average molecular weight is 939 g/mol. The Kier molecular flexibility index (Phi) is 14.0. The van der Waals surface area contributed by atoms with E-state index in [1.54, 1.807) is 23.5 Å². The molecule has 352 valence electrons. The number of esters is 1. The summed E-state index contributed by atoms with van der Waals surface area (Å²) >= 11 is 1.61. The van der Waals surface area contributed by atoms with Gasteiger partial charge in [-0.1, -0.05) is 76.2 Å². The number of carbonyl (C=O) groups excluding carboxylic acids is 1. The van der Waals surface area contributed by atoms with Crippen molar-refractivity contribution in [2.75, 3.05) is 38.7 Å². The number of aliphatic hydroxyl groups is 1. The smallest absolute Gasteiger partial charge is 0.337 e. The molecule has 0 saturated carbocycles. The van der Waals surface area contributed by atoms with E-state index in [0.29, 0.717) is 30.9 Å². The van der Waals surface area contributed by atoms with Crippen LogP contribution < -0.4 is 10.1 Å². The number of ether oxygens (including phenoxy) is 4. The Hall–Kier alpha value is -4.83. The van der Waals surface area contributed by atoms with Crippen molar-refractivity contribution in [3.8, 4) is 16.2 Å². The molecule has 0 spiro atoms. The van der Waals surface area contributed by atoms with Crippen molar-refractivity contribution in [3.63, 3.8) is 0 Å². The summed E-state index contributed by atoms with van der Waals surface area (Å²) in [4.78, 5) is 28.8. The molecule has 0 radical (unpaired) electrons. The quantitative estimate of drug-likeness (QED) is 0.0719. The largest absolute Gasteiger partial charge is 0.497 e. The Morgan fingerprint density at radius 3 is 2.42 bits per heavy atom. The zero-order valence-corrected chi connectivity index (χ0v) is 40.3. The number of thiophene rings is 1. The van der Waals surface area contributed by atoms with Gasteiger partial charge in [0.1, 0.15) is 11.9 Å². The minimum absolute atomic E-state index is 0.0252. The number of anilines is 1. The van der Waals surface area contributed by atoms with E-state index >= 15 is 0 Å². The van der Waals surface area contributed by atoms with Gasteiger partial charge in [0.25, 0.3) is 0 Å². The molecule has 0 bridgehead atoms. The summed E-state index contributed by atoms with van der Waals surface area (Å²) in [6.45, 7) is 11.2. The Bertz CT molecular complexity index is 2660. The standard InChI is InChI=1S/C52H62N2O10S2/c1-32(2)29-54(66(59,60)39-19-17-38(61-6)18-20-39)30-43(55)36(26-46(56)64-44-31-63-52(5)42(44)22-24-62-52)25-33-11-15-37(16-12-33)53-28-35-14-13-34-9-7-8-10-40(34)47(35)49-48(50(57)58)41-27-51(3,4)23-21-45(41)65-49/h7-20,32,36,42-44,53,55H,21-31H2,1-6H3,(H,57,58)/t36-,42+,43-,44+,52-/m1/s1. The van der Waals surface area contributed by atoms with Gasteiger partial charge in [-0.2, -0.15) is 4.31 Å². The van der Waals surface area contributed by atoms with Crippen molar-refractivity contribution in [2.45, 2.75) is 103 Å². The van der Waals surface area contributed by atoms with Crippen LogP contribution in [0.3, 0.4) is 0 Å². The number of carbonyl (C=O) groups is 2. The number of sulfonamides is 1. The summed E-state index contributed by atoms with van der Waals surface area (Å²) in [6.07, 6.45) is 1.72. The fourth-order valence-corrected chi connectivity index (χ4v) is 13.0. The molecule has 5 atom stereocenters. The number of nitrogens with zero attached hydrogens (tertiary/aromatic N) is 1. The number of hydrogen-bond acceptors (Lipinski definition) is 11. The van der Waals surface area contributed by atoms with Gasteiger partial charge in [-0.05, 0) is 114 Å². The fourth-order valence-electron chi connectivity index (χ4n) is 9.93. The minimum atomic E-state index is -4.03. The van der Waals surface area contributed by atoms with Crippen LogP contribution in [0.1, 0.15) is 85.8 Å². The van der Waals surface area contributed by atoms with Gasteiger partial charge in [-0.25, -0.2) is 13.2 Å². The molecule has 8 rings (SSSR count). The zero-order valence-electron chi connectivity index (χ0n) is 38.7. The molecule has 14 heteroatoms. The number of carboxylic acid groups (broad SMARTS) is 1. The number of rotatable bonds is 18. The first-order valence-electron chi connectivity index (χ1n) is 23.0. The molecule has 1 aromatic heterocycles. The van der Waals surface area contributed by atoms with Crippen molar-refractivity contribution in [1.82, 2.24) is 4.31 Å². The van der Waals surface area contributed by atoms with Crippen molar-refractivity contribution in [1.29, 1.82) is 0 Å². The molecule has 3 N–H and O–H groups in total. The van der Waals surface area contributed by atoms with Gasteiger partial charge in [0.15, 0.2) is 5.79 Å². The first-order valence-corrected chi connectivity index (χ1v) is 25.2. The van der Waals surface area contributed by atoms with E-state index in [9.17, 15) is 28.2 Å². The number of benzene rings is 4. The lowest BCUT2D eigenvalue weighted by Gasteiger charge is -2.30. The molecule has 66 heavy (non-hydrogen) atoms. The second-order valence-electron chi connectivity index (χ2n) is 19.5. The maximum absolute atomic E-state index is 14.1. The summed E-state index contributed by atoms with van der Waals surface area (Å²) in [5.41, 5.74) is 4.99. The molecule has 3 aliphatic rings. The van der Waals surface area contributed by atoms with E-state index in [4.69, 9.17) is 18.9 Å². The molecular weight excluding hydrogens is 877 g/mol. The lowest BCUT2D eigenvalue weighted by molar-refractivity contribution is -0.181. The van der Waals surface area contributed by atoms with Crippen LogP contribution in [0, 0.1) is 23.2 Å². The number of nitrogens with one attached hydrogen (secondary N) is 1. The number of methoxy groups -OCH3 is 1. The molecule has 4 aromatic carbocycles. The number of fused-ring (bicyclic) bond motifs is 3. The normalized spacial score (nSPS) is 21.1. The molecule has 2 aliphatic heterocycles. The van der Waals surface area contributed by atoms with Gasteiger partial charge < -0.3 is 34.5 Å². The third-order valence-electron chi connectivity index (χ3n) is 13.6. The van der Waals surface area contributed by atoms with Crippen LogP contribution in [-0.4, -0.2) is 86.3 Å². The first-order chi connectivity index (χ1) is 31.4. The van der Waals surface area contributed by atoms with Crippen molar-refractivity contribution >= 4 is 49.8 Å². The van der Waals surface area contributed by atoms with Crippen molar-refractivity contribution in [3.05, 3.63) is 112 Å². The van der Waals surface area contributed by atoms with E-state index in [0.717, 1.165) is 67.7 Å². The second-order valence-corrected chi connectivity index (χ2v) is 22.5.